The van der Waals surface area contributed by atoms with Crippen molar-refractivity contribution in [3.05, 3.63) is 18.0 Å². The second kappa shape index (κ2) is 6.17. The number of aliphatic hydroxyl groups is 1. The van der Waals surface area contributed by atoms with Crippen molar-refractivity contribution in [1.82, 2.24) is 15.1 Å². The van der Waals surface area contributed by atoms with Gasteiger partial charge in [0.25, 0.3) is 0 Å². The molecule has 0 aliphatic heterocycles. The first kappa shape index (κ1) is 14.2. The van der Waals surface area contributed by atoms with E-state index in [-0.39, 0.29) is 12.0 Å². The quantitative estimate of drug-likeness (QED) is 0.795. The van der Waals surface area contributed by atoms with E-state index in [1.807, 2.05) is 16.9 Å². The van der Waals surface area contributed by atoms with Crippen molar-refractivity contribution in [2.75, 3.05) is 6.61 Å². The summed E-state index contributed by atoms with van der Waals surface area (Å²) >= 11 is 0. The van der Waals surface area contributed by atoms with Crippen LogP contribution in [0.5, 0.6) is 0 Å². The highest BCUT2D eigenvalue weighted by atomic mass is 16.3. The predicted molar refractivity (Wildman–Crippen MR) is 69.7 cm³/mol. The third kappa shape index (κ3) is 4.13. The fourth-order valence-corrected chi connectivity index (χ4v) is 1.99. The Bertz CT molecular complexity index is 328. The monoisotopic (exact) mass is 239 g/mol. The third-order valence-corrected chi connectivity index (χ3v) is 3.10. The number of nitrogens with one attached hydrogen (secondary N) is 1. The van der Waals surface area contributed by atoms with Crippen molar-refractivity contribution in [2.24, 2.45) is 5.41 Å². The number of hydrogen-bond donors (Lipinski definition) is 2. The minimum atomic E-state index is 0.153. The van der Waals surface area contributed by atoms with E-state index in [1.165, 1.54) is 5.69 Å². The Morgan fingerprint density at radius 1 is 1.47 bits per heavy atom. The van der Waals surface area contributed by atoms with Gasteiger partial charge < -0.3 is 10.4 Å². The Balaban J connectivity index is 2.58. The molecule has 0 radical (unpaired) electrons. The Kier molecular flexibility index (Phi) is 5.15. The largest absolute Gasteiger partial charge is 0.396 e. The van der Waals surface area contributed by atoms with Crippen LogP contribution in [0.15, 0.2) is 12.3 Å². The van der Waals surface area contributed by atoms with Crippen molar-refractivity contribution in [3.63, 3.8) is 0 Å². The molecule has 1 unspecified atom stereocenters. The minimum Gasteiger partial charge on any atom is -0.396 e. The van der Waals surface area contributed by atoms with Crippen LogP contribution in [0, 0.1) is 5.41 Å². The summed E-state index contributed by atoms with van der Waals surface area (Å²) < 4.78 is 1.99. The fraction of sp³-hybridized carbons (Fsp3) is 0.769. The molecule has 4 heteroatoms. The Morgan fingerprint density at radius 3 is 2.71 bits per heavy atom. The molecule has 1 heterocycles. The van der Waals surface area contributed by atoms with Crippen molar-refractivity contribution in [2.45, 2.75) is 53.2 Å². The van der Waals surface area contributed by atoms with Crippen LogP contribution in [0.3, 0.4) is 0 Å². The zero-order valence-corrected chi connectivity index (χ0v) is 11.4. The fourth-order valence-electron chi connectivity index (χ4n) is 1.99. The molecule has 1 rings (SSSR count). The molecule has 0 bridgehead atoms. The van der Waals surface area contributed by atoms with Crippen LogP contribution >= 0.6 is 0 Å². The van der Waals surface area contributed by atoms with Gasteiger partial charge >= 0.3 is 0 Å². The second-order valence-corrected chi connectivity index (χ2v) is 5.45. The van der Waals surface area contributed by atoms with Crippen LogP contribution < -0.4 is 5.32 Å². The lowest BCUT2D eigenvalue weighted by Gasteiger charge is -2.31. The molecule has 4 nitrogen and oxygen atoms in total. The highest BCUT2D eigenvalue weighted by molar-refractivity contribution is 5.00. The van der Waals surface area contributed by atoms with E-state index in [1.54, 1.807) is 0 Å². The summed E-state index contributed by atoms with van der Waals surface area (Å²) in [5, 5.41) is 16.9. The normalized spacial score (nSPS) is 13.9. The Morgan fingerprint density at radius 2 is 2.18 bits per heavy atom. The summed E-state index contributed by atoms with van der Waals surface area (Å²) in [5.74, 6) is 0. The number of hydrogen-bond acceptors (Lipinski definition) is 3. The van der Waals surface area contributed by atoms with Gasteiger partial charge in [-0.15, -0.1) is 0 Å². The van der Waals surface area contributed by atoms with Gasteiger partial charge in [0.15, 0.2) is 0 Å². The highest BCUT2D eigenvalue weighted by Crippen LogP contribution is 2.21. The lowest BCUT2D eigenvalue weighted by Crippen LogP contribution is -2.40. The Labute approximate surface area is 104 Å². The van der Waals surface area contributed by atoms with E-state index in [0.29, 0.717) is 6.04 Å². The predicted octanol–water partition coefficient (Wildman–Crippen LogP) is 1.79. The van der Waals surface area contributed by atoms with Crippen LogP contribution in [0.2, 0.25) is 0 Å². The molecule has 0 aliphatic rings. The molecular weight excluding hydrogens is 214 g/mol. The van der Waals surface area contributed by atoms with Gasteiger partial charge in [0.2, 0.25) is 0 Å². The molecular formula is C13H25N3O. The second-order valence-electron chi connectivity index (χ2n) is 5.45. The smallest absolute Gasteiger partial charge is 0.0522 e. The van der Waals surface area contributed by atoms with Crippen molar-refractivity contribution < 1.29 is 5.11 Å². The highest BCUT2D eigenvalue weighted by Gasteiger charge is 2.23. The molecule has 0 amide bonds. The van der Waals surface area contributed by atoms with Crippen LogP contribution in [-0.4, -0.2) is 27.5 Å². The number of aliphatic hydroxyl groups excluding tert-OH is 1. The molecule has 0 aromatic carbocycles. The van der Waals surface area contributed by atoms with Crippen molar-refractivity contribution in [3.8, 4) is 0 Å². The molecule has 0 aliphatic carbocycles. The van der Waals surface area contributed by atoms with Crippen LogP contribution in [-0.2, 0) is 13.1 Å². The number of rotatable bonds is 6. The van der Waals surface area contributed by atoms with Gasteiger partial charge in [-0.2, -0.15) is 5.10 Å². The first-order chi connectivity index (χ1) is 7.99. The molecule has 2 N–H and O–H groups in total. The maximum absolute atomic E-state index is 9.10. The van der Waals surface area contributed by atoms with Gasteiger partial charge in [-0.25, -0.2) is 0 Å². The van der Waals surface area contributed by atoms with E-state index < -0.39 is 0 Å². The summed E-state index contributed by atoms with van der Waals surface area (Å²) in [4.78, 5) is 0. The van der Waals surface area contributed by atoms with Gasteiger partial charge in [0.05, 0.1) is 5.69 Å². The Hall–Kier alpha value is -0.870. The van der Waals surface area contributed by atoms with Gasteiger partial charge in [-0.05, 0) is 24.8 Å². The summed E-state index contributed by atoms with van der Waals surface area (Å²) in [5.41, 5.74) is 1.35. The van der Waals surface area contributed by atoms with Crippen molar-refractivity contribution >= 4 is 0 Å². The van der Waals surface area contributed by atoms with E-state index in [4.69, 9.17) is 5.11 Å². The maximum atomic E-state index is 9.10. The molecule has 0 saturated carbocycles. The topological polar surface area (TPSA) is 50.1 Å². The van der Waals surface area contributed by atoms with Gasteiger partial charge in [0.1, 0.15) is 0 Å². The average molecular weight is 239 g/mol. The number of aryl methyl sites for hydroxylation is 1. The standard InChI is InChI=1S/C13H25N3O/c1-5-16-11(6-8-15-16)10-14-12(7-9-17)13(2,3)4/h6,8,12,14,17H,5,7,9-10H2,1-4H3. The maximum Gasteiger partial charge on any atom is 0.0522 e. The van der Waals surface area contributed by atoms with Gasteiger partial charge in [0, 0.05) is 31.9 Å². The molecule has 17 heavy (non-hydrogen) atoms. The van der Waals surface area contributed by atoms with E-state index in [9.17, 15) is 0 Å². The lowest BCUT2D eigenvalue weighted by molar-refractivity contribution is 0.195. The zero-order chi connectivity index (χ0) is 12.9. The molecule has 0 saturated heterocycles. The minimum absolute atomic E-state index is 0.153. The summed E-state index contributed by atoms with van der Waals surface area (Å²) in [6, 6.07) is 2.35. The number of aromatic nitrogens is 2. The SMILES string of the molecule is CCn1nccc1CNC(CCO)C(C)(C)C. The molecule has 0 spiro atoms. The van der Waals surface area contributed by atoms with Gasteiger partial charge in [-0.3, -0.25) is 4.68 Å². The summed E-state index contributed by atoms with van der Waals surface area (Å²) in [6.45, 7) is 10.6. The van der Waals surface area contributed by atoms with E-state index in [0.717, 1.165) is 19.5 Å². The van der Waals surface area contributed by atoms with Crippen LogP contribution in [0.1, 0.15) is 39.8 Å². The van der Waals surface area contributed by atoms with E-state index in [2.05, 4.69) is 38.1 Å². The average Bonchev–Trinajstić information content (AvgIpc) is 2.69. The molecule has 1 aromatic heterocycles. The molecule has 1 atom stereocenters. The van der Waals surface area contributed by atoms with E-state index >= 15 is 0 Å². The van der Waals surface area contributed by atoms with Crippen LogP contribution in [0.4, 0.5) is 0 Å². The van der Waals surface area contributed by atoms with Crippen molar-refractivity contribution in [1.29, 1.82) is 0 Å². The zero-order valence-electron chi connectivity index (χ0n) is 11.4. The van der Waals surface area contributed by atoms with Gasteiger partial charge in [-0.1, -0.05) is 20.8 Å². The first-order valence-corrected chi connectivity index (χ1v) is 6.34. The first-order valence-electron chi connectivity index (χ1n) is 6.34. The summed E-state index contributed by atoms with van der Waals surface area (Å²) in [7, 11) is 0. The molecule has 98 valence electrons. The lowest BCUT2D eigenvalue weighted by atomic mass is 9.85. The summed E-state index contributed by atoms with van der Waals surface area (Å²) in [6.07, 6.45) is 2.61. The molecule has 1 aromatic rings. The molecule has 0 fully saturated rings. The number of nitrogens with zero attached hydrogens (tertiary/aromatic N) is 2. The third-order valence-electron chi connectivity index (χ3n) is 3.10. The van der Waals surface area contributed by atoms with Crippen LogP contribution in [0.25, 0.3) is 0 Å².